The van der Waals surface area contributed by atoms with Crippen LogP contribution in [0.15, 0.2) is 64.1 Å². The van der Waals surface area contributed by atoms with Crippen LogP contribution in [0.4, 0.5) is 16.2 Å². The van der Waals surface area contributed by atoms with Crippen LogP contribution in [0.5, 0.6) is 0 Å². The van der Waals surface area contributed by atoms with Crippen molar-refractivity contribution < 1.29 is 8.81 Å². The van der Waals surface area contributed by atoms with Crippen molar-refractivity contribution in [2.45, 2.75) is 6.54 Å². The van der Waals surface area contributed by atoms with Crippen molar-refractivity contribution in [2.24, 2.45) is 0 Å². The van der Waals surface area contributed by atoms with Crippen LogP contribution in [0, 0.1) is 5.82 Å². The zero-order valence-corrected chi connectivity index (χ0v) is 16.1. The fourth-order valence-electron chi connectivity index (χ4n) is 3.53. The molecule has 0 spiro atoms. The number of anilines is 2. The van der Waals surface area contributed by atoms with E-state index in [2.05, 4.69) is 20.0 Å². The lowest BCUT2D eigenvalue weighted by Gasteiger charge is -2.34. The van der Waals surface area contributed by atoms with Crippen LogP contribution >= 0.6 is 0 Å². The Balaban J connectivity index is 1.30. The first-order chi connectivity index (χ1) is 14.7. The van der Waals surface area contributed by atoms with Crippen molar-refractivity contribution >= 4 is 22.9 Å². The Morgan fingerprint density at radius 1 is 0.967 bits per heavy atom. The standard InChI is InChI=1S/C21H19FN6O2/c22-16-1-2-17-18(13-16)30-21(24-17)27-11-9-26(10-12-27)19-3-4-20(29)28(25-19)14-15-5-7-23-8-6-15/h1-8,13H,9-12,14H2. The highest BCUT2D eigenvalue weighted by molar-refractivity contribution is 5.74. The Kier molecular flexibility index (Phi) is 4.62. The summed E-state index contributed by atoms with van der Waals surface area (Å²) in [7, 11) is 0. The second-order valence-corrected chi connectivity index (χ2v) is 7.13. The molecule has 4 aromatic rings. The Hall–Kier alpha value is -3.75. The maximum atomic E-state index is 13.4. The SMILES string of the molecule is O=c1ccc(N2CCN(c3nc4ccc(F)cc4o3)CC2)nn1Cc1ccncc1. The number of pyridine rings is 1. The van der Waals surface area contributed by atoms with Gasteiger partial charge in [-0.05, 0) is 35.9 Å². The molecule has 1 aliphatic rings. The van der Waals surface area contributed by atoms with Crippen LogP contribution in [0.2, 0.25) is 0 Å². The lowest BCUT2D eigenvalue weighted by Crippen LogP contribution is -2.47. The molecule has 8 nitrogen and oxygen atoms in total. The van der Waals surface area contributed by atoms with Crippen molar-refractivity contribution in [1.29, 1.82) is 0 Å². The predicted molar refractivity (Wildman–Crippen MR) is 110 cm³/mol. The van der Waals surface area contributed by atoms with Gasteiger partial charge < -0.3 is 14.2 Å². The highest BCUT2D eigenvalue weighted by Gasteiger charge is 2.22. The van der Waals surface area contributed by atoms with E-state index in [1.54, 1.807) is 30.6 Å². The van der Waals surface area contributed by atoms with E-state index in [0.717, 1.165) is 11.4 Å². The Morgan fingerprint density at radius 3 is 2.53 bits per heavy atom. The third-order valence-electron chi connectivity index (χ3n) is 5.15. The van der Waals surface area contributed by atoms with Crippen LogP contribution in [0.25, 0.3) is 11.1 Å². The van der Waals surface area contributed by atoms with E-state index in [9.17, 15) is 9.18 Å². The van der Waals surface area contributed by atoms with Gasteiger partial charge in [-0.1, -0.05) is 0 Å². The summed E-state index contributed by atoms with van der Waals surface area (Å²) in [5, 5.41) is 4.54. The first-order valence-corrected chi connectivity index (χ1v) is 9.69. The van der Waals surface area contributed by atoms with Gasteiger partial charge in [0.2, 0.25) is 0 Å². The van der Waals surface area contributed by atoms with Gasteiger partial charge in [-0.25, -0.2) is 9.07 Å². The molecule has 0 saturated carbocycles. The fourth-order valence-corrected chi connectivity index (χ4v) is 3.53. The van der Waals surface area contributed by atoms with E-state index < -0.39 is 0 Å². The quantitative estimate of drug-likeness (QED) is 0.514. The van der Waals surface area contributed by atoms with Gasteiger partial charge in [0.25, 0.3) is 11.6 Å². The number of rotatable bonds is 4. The minimum absolute atomic E-state index is 0.145. The zero-order chi connectivity index (χ0) is 20.5. The Morgan fingerprint density at radius 2 is 1.73 bits per heavy atom. The van der Waals surface area contributed by atoms with Gasteiger partial charge in [-0.2, -0.15) is 10.1 Å². The third kappa shape index (κ3) is 3.61. The topological polar surface area (TPSA) is 80.3 Å². The Labute approximate surface area is 171 Å². The van der Waals surface area contributed by atoms with E-state index in [4.69, 9.17) is 4.42 Å². The maximum absolute atomic E-state index is 13.4. The van der Waals surface area contributed by atoms with Gasteiger partial charge in [0.1, 0.15) is 17.2 Å². The molecule has 0 aliphatic carbocycles. The number of piperazine rings is 1. The summed E-state index contributed by atoms with van der Waals surface area (Å²) in [5.74, 6) is 0.408. The molecule has 1 aliphatic heterocycles. The van der Waals surface area contributed by atoms with Crippen molar-refractivity contribution in [1.82, 2.24) is 19.7 Å². The van der Waals surface area contributed by atoms with Crippen molar-refractivity contribution in [2.75, 3.05) is 36.0 Å². The van der Waals surface area contributed by atoms with Gasteiger partial charge in [0, 0.05) is 50.7 Å². The molecule has 0 N–H and O–H groups in total. The Bertz CT molecular complexity index is 1230. The molecule has 0 atom stereocenters. The molecule has 1 aromatic carbocycles. The molecule has 1 fully saturated rings. The fraction of sp³-hybridized carbons (Fsp3) is 0.238. The summed E-state index contributed by atoms with van der Waals surface area (Å²) in [5.41, 5.74) is 1.90. The molecular weight excluding hydrogens is 387 g/mol. The summed E-state index contributed by atoms with van der Waals surface area (Å²) in [6.45, 7) is 3.16. The largest absolute Gasteiger partial charge is 0.423 e. The molecule has 0 amide bonds. The summed E-state index contributed by atoms with van der Waals surface area (Å²) in [6, 6.07) is 11.9. The lowest BCUT2D eigenvalue weighted by molar-refractivity contribution is 0.534. The summed E-state index contributed by atoms with van der Waals surface area (Å²) >= 11 is 0. The maximum Gasteiger partial charge on any atom is 0.298 e. The minimum atomic E-state index is -0.344. The number of oxazole rings is 1. The average molecular weight is 406 g/mol. The number of hydrogen-bond donors (Lipinski definition) is 0. The number of hydrogen-bond acceptors (Lipinski definition) is 7. The first-order valence-electron chi connectivity index (χ1n) is 9.69. The highest BCUT2D eigenvalue weighted by atomic mass is 19.1. The van der Waals surface area contributed by atoms with Crippen molar-refractivity contribution in [3.8, 4) is 0 Å². The second-order valence-electron chi connectivity index (χ2n) is 7.13. The molecule has 152 valence electrons. The minimum Gasteiger partial charge on any atom is -0.423 e. The van der Waals surface area contributed by atoms with Gasteiger partial charge in [0.15, 0.2) is 5.58 Å². The van der Waals surface area contributed by atoms with E-state index in [0.29, 0.717) is 49.8 Å². The normalized spacial score (nSPS) is 14.4. The van der Waals surface area contributed by atoms with Crippen LogP contribution < -0.4 is 15.4 Å². The molecule has 4 heterocycles. The molecule has 5 rings (SSSR count). The van der Waals surface area contributed by atoms with E-state index in [1.807, 2.05) is 17.0 Å². The molecule has 0 unspecified atom stereocenters. The molecule has 0 bridgehead atoms. The van der Waals surface area contributed by atoms with Crippen LogP contribution in [0.3, 0.4) is 0 Å². The predicted octanol–water partition coefficient (Wildman–Crippen LogP) is 2.29. The lowest BCUT2D eigenvalue weighted by atomic mass is 10.3. The molecule has 30 heavy (non-hydrogen) atoms. The van der Waals surface area contributed by atoms with E-state index in [-0.39, 0.29) is 11.4 Å². The van der Waals surface area contributed by atoms with Crippen LogP contribution in [-0.2, 0) is 6.54 Å². The smallest absolute Gasteiger partial charge is 0.298 e. The number of aromatic nitrogens is 4. The van der Waals surface area contributed by atoms with E-state index >= 15 is 0 Å². The number of nitrogens with zero attached hydrogens (tertiary/aromatic N) is 6. The monoisotopic (exact) mass is 406 g/mol. The summed E-state index contributed by atoms with van der Waals surface area (Å²) in [4.78, 5) is 24.8. The molecular formula is C21H19FN6O2. The van der Waals surface area contributed by atoms with Gasteiger partial charge in [-0.3, -0.25) is 9.78 Å². The summed E-state index contributed by atoms with van der Waals surface area (Å²) in [6.07, 6.45) is 3.40. The molecule has 3 aromatic heterocycles. The van der Waals surface area contributed by atoms with E-state index in [1.165, 1.54) is 16.8 Å². The van der Waals surface area contributed by atoms with Gasteiger partial charge >= 0.3 is 0 Å². The summed E-state index contributed by atoms with van der Waals surface area (Å²) < 4.78 is 20.6. The average Bonchev–Trinajstić information content (AvgIpc) is 3.19. The third-order valence-corrected chi connectivity index (χ3v) is 5.15. The van der Waals surface area contributed by atoms with Gasteiger partial charge in [-0.15, -0.1) is 0 Å². The highest BCUT2D eigenvalue weighted by Crippen LogP contribution is 2.24. The van der Waals surface area contributed by atoms with Crippen LogP contribution in [-0.4, -0.2) is 45.9 Å². The molecule has 9 heteroatoms. The zero-order valence-electron chi connectivity index (χ0n) is 16.1. The van der Waals surface area contributed by atoms with Crippen LogP contribution in [0.1, 0.15) is 5.56 Å². The number of fused-ring (bicyclic) bond motifs is 1. The first kappa shape index (κ1) is 18.3. The number of halogens is 1. The van der Waals surface area contributed by atoms with Gasteiger partial charge in [0.05, 0.1) is 6.54 Å². The molecule has 0 radical (unpaired) electrons. The van der Waals surface area contributed by atoms with Crippen molar-refractivity contribution in [3.05, 3.63) is 76.6 Å². The van der Waals surface area contributed by atoms with Crippen molar-refractivity contribution in [3.63, 3.8) is 0 Å². The molecule has 1 saturated heterocycles. The second kappa shape index (κ2) is 7.58. The number of benzene rings is 1.